The standard InChI is InChI=1S/C3H6O3.CHF3.3BF4.Li.H/c1-5-3(4)6-2;2-1(3)4;3*2-1(3,4)5;;/h1-2H3;1H;;;;;/q;;3*-1;+1;-1. The van der Waals surface area contributed by atoms with Crippen molar-refractivity contribution in [3.05, 3.63) is 0 Å². The molecule has 0 aromatic rings. The molecular formula is C4H8B3F15LiO3-3. The van der Waals surface area contributed by atoms with Crippen LogP contribution in [0.15, 0.2) is 0 Å². The molecule has 0 amide bonds. The topological polar surface area (TPSA) is 35.5 Å². The molecule has 0 bridgehead atoms. The molecule has 0 aromatic heterocycles. The van der Waals surface area contributed by atoms with Crippen molar-refractivity contribution >= 4 is 27.9 Å². The quantitative estimate of drug-likeness (QED) is 0.338. The fourth-order valence-corrected chi connectivity index (χ4v) is 0.0833. The number of methoxy groups -OCH3 is 2. The third-order valence-corrected chi connectivity index (χ3v) is 0.333. The van der Waals surface area contributed by atoms with Gasteiger partial charge in [0.2, 0.25) is 0 Å². The Balaban J connectivity index is -0.0000000366. The van der Waals surface area contributed by atoms with Crippen LogP contribution in [0.25, 0.3) is 0 Å². The zero-order chi connectivity index (χ0) is 22.1. The normalized spacial score (nSPS) is 9.92. The van der Waals surface area contributed by atoms with Crippen LogP contribution in [0.3, 0.4) is 0 Å². The average Bonchev–Trinajstić information content (AvgIpc) is 2.20. The van der Waals surface area contributed by atoms with Crippen LogP contribution in [0.2, 0.25) is 0 Å². The van der Waals surface area contributed by atoms with E-state index in [1.54, 1.807) is 0 Å². The summed E-state index contributed by atoms with van der Waals surface area (Å²) in [6.07, 6.45) is -0.657. The zero-order valence-corrected chi connectivity index (χ0v) is 12.7. The van der Waals surface area contributed by atoms with E-state index in [-0.39, 0.29) is 20.3 Å². The average molecular weight is 428 g/mol. The first kappa shape index (κ1) is 39.9. The van der Waals surface area contributed by atoms with E-state index in [4.69, 9.17) is 0 Å². The Bertz CT molecular complexity index is 244. The van der Waals surface area contributed by atoms with Gasteiger partial charge in [0.05, 0.1) is 14.2 Å². The maximum Gasteiger partial charge on any atom is 1.00 e. The van der Waals surface area contributed by atoms with Crippen molar-refractivity contribution in [2.24, 2.45) is 0 Å². The minimum absolute atomic E-state index is 0. The minimum atomic E-state index is -6.00. The predicted octanol–water partition coefficient (Wildman–Crippen LogP) is 2.59. The van der Waals surface area contributed by atoms with E-state index in [1.807, 2.05) is 0 Å². The summed E-state index contributed by atoms with van der Waals surface area (Å²) in [5.74, 6) is 0. The maximum absolute atomic E-state index is 9.75. The van der Waals surface area contributed by atoms with Gasteiger partial charge in [-0.3, -0.25) is 0 Å². The van der Waals surface area contributed by atoms with Gasteiger partial charge in [-0.05, 0) is 0 Å². The molecule has 0 radical (unpaired) electrons. The number of rotatable bonds is 0. The molecule has 0 saturated carbocycles. The fourth-order valence-electron chi connectivity index (χ4n) is 0.0833. The molecule has 0 heterocycles. The number of carbonyl (C=O) groups excluding carboxylic acids is 1. The van der Waals surface area contributed by atoms with Gasteiger partial charge in [-0.25, -0.2) is 4.79 Å². The number of hydrogen-bond acceptors (Lipinski definition) is 3. The summed E-state index contributed by atoms with van der Waals surface area (Å²) >= 11 is 0. The third-order valence-electron chi connectivity index (χ3n) is 0.333. The molecule has 0 atom stereocenters. The van der Waals surface area contributed by atoms with Crippen LogP contribution in [-0.4, -0.2) is 48.8 Å². The SMILES string of the molecule is COC(=O)OC.FC(F)F.F[B-](F)(F)F.F[B-](F)(F)F.F[B-](F)(F)F.[H-].[Li+]. The molecule has 0 aliphatic carbocycles. The molecule has 0 aliphatic heterocycles. The Kier molecular flexibility index (Phi) is 31.2. The van der Waals surface area contributed by atoms with E-state index in [0.717, 1.165) is 0 Å². The van der Waals surface area contributed by atoms with Gasteiger partial charge in [0.15, 0.2) is 0 Å². The first-order valence-electron chi connectivity index (χ1n) is 4.70. The van der Waals surface area contributed by atoms with Gasteiger partial charge in [0, 0.05) is 0 Å². The summed E-state index contributed by atoms with van der Waals surface area (Å²) in [5, 5.41) is 0. The molecule has 0 N–H and O–H groups in total. The largest absolute Gasteiger partial charge is 1.00 e. The number of hydrogen-bond donors (Lipinski definition) is 0. The Hall–Kier alpha value is -0.988. The zero-order valence-electron chi connectivity index (χ0n) is 13.7. The molecule has 22 heteroatoms. The van der Waals surface area contributed by atoms with Crippen molar-refractivity contribution in [2.75, 3.05) is 14.2 Å². The number of alkyl halides is 3. The Labute approximate surface area is 149 Å². The molecule has 0 unspecified atom stereocenters. The van der Waals surface area contributed by atoms with Gasteiger partial charge >= 0.3 is 53.5 Å². The van der Waals surface area contributed by atoms with Gasteiger partial charge in [-0.1, -0.05) is 0 Å². The summed E-state index contributed by atoms with van der Waals surface area (Å²) in [6, 6.07) is 0. The van der Waals surface area contributed by atoms with Crippen molar-refractivity contribution < 1.29 is 99.5 Å². The molecule has 0 rings (SSSR count). The molecule has 0 fully saturated rings. The van der Waals surface area contributed by atoms with Gasteiger partial charge in [-0.15, -0.1) is 0 Å². The monoisotopic (exact) mass is 429 g/mol. The van der Waals surface area contributed by atoms with E-state index in [9.17, 15) is 69.8 Å². The van der Waals surface area contributed by atoms with Crippen molar-refractivity contribution in [3.63, 3.8) is 0 Å². The second kappa shape index (κ2) is 20.3. The molecule has 0 aromatic carbocycles. The van der Waals surface area contributed by atoms with E-state index < -0.39 is 34.6 Å². The van der Waals surface area contributed by atoms with Crippen molar-refractivity contribution in [2.45, 2.75) is 6.68 Å². The Morgan fingerprint density at radius 3 is 0.731 bits per heavy atom. The second-order valence-corrected chi connectivity index (χ2v) is 2.39. The van der Waals surface area contributed by atoms with Gasteiger partial charge in [0.25, 0.3) is 0 Å². The second-order valence-electron chi connectivity index (χ2n) is 2.39. The van der Waals surface area contributed by atoms with Crippen LogP contribution >= 0.6 is 0 Å². The van der Waals surface area contributed by atoms with Gasteiger partial charge in [-0.2, -0.15) is 13.2 Å². The first-order valence-corrected chi connectivity index (χ1v) is 4.70. The van der Waals surface area contributed by atoms with Gasteiger partial charge in [0.1, 0.15) is 0 Å². The Morgan fingerprint density at radius 2 is 0.731 bits per heavy atom. The smallest absolute Gasteiger partial charge is 1.00 e. The van der Waals surface area contributed by atoms with Gasteiger partial charge < -0.3 is 62.7 Å². The van der Waals surface area contributed by atoms with Crippen molar-refractivity contribution in [3.8, 4) is 0 Å². The van der Waals surface area contributed by atoms with Crippen LogP contribution in [0.4, 0.5) is 69.8 Å². The number of halogens is 15. The molecule has 0 spiro atoms. The summed E-state index contributed by atoms with van der Waals surface area (Å²) in [5.41, 5.74) is 0. The van der Waals surface area contributed by atoms with E-state index in [1.165, 1.54) is 14.2 Å². The van der Waals surface area contributed by atoms with Crippen LogP contribution in [-0.2, 0) is 9.47 Å². The summed E-state index contributed by atoms with van der Waals surface area (Å²) in [7, 11) is -15.5. The first-order chi connectivity index (χ1) is 10.5. The summed E-state index contributed by atoms with van der Waals surface area (Å²) < 4.78 is 154. The van der Waals surface area contributed by atoms with E-state index in [0.29, 0.717) is 0 Å². The maximum atomic E-state index is 9.75. The minimum Gasteiger partial charge on any atom is -1.00 e. The van der Waals surface area contributed by atoms with Crippen molar-refractivity contribution in [1.82, 2.24) is 0 Å². The van der Waals surface area contributed by atoms with Crippen LogP contribution in [0, 0.1) is 0 Å². The molecule has 0 aliphatic rings. The molecule has 160 valence electrons. The fraction of sp³-hybridized carbons (Fsp3) is 0.750. The third kappa shape index (κ3) is 1230. The van der Waals surface area contributed by atoms with Crippen LogP contribution in [0.1, 0.15) is 1.43 Å². The molecule has 0 saturated heterocycles. The Morgan fingerprint density at radius 1 is 0.654 bits per heavy atom. The predicted molar refractivity (Wildman–Crippen MR) is 58.2 cm³/mol. The van der Waals surface area contributed by atoms with Crippen LogP contribution < -0.4 is 18.9 Å². The number of ether oxygens (including phenoxy) is 2. The number of carbonyl (C=O) groups is 1. The summed E-state index contributed by atoms with van der Waals surface area (Å²) in [4.78, 5) is 9.74. The van der Waals surface area contributed by atoms with Crippen LogP contribution in [0.5, 0.6) is 0 Å². The van der Waals surface area contributed by atoms with E-state index >= 15 is 0 Å². The summed E-state index contributed by atoms with van der Waals surface area (Å²) in [6.45, 7) is -3.67. The van der Waals surface area contributed by atoms with E-state index in [2.05, 4.69) is 9.47 Å². The molecular weight excluding hydrogens is 420 g/mol. The molecule has 26 heavy (non-hydrogen) atoms. The van der Waals surface area contributed by atoms with Crippen molar-refractivity contribution in [1.29, 1.82) is 0 Å². The molecule has 3 nitrogen and oxygen atoms in total.